The van der Waals surface area contributed by atoms with E-state index in [1.165, 1.54) is 0 Å². The Balaban J connectivity index is 2.21. The molecule has 0 aromatic carbocycles. The Hall–Kier alpha value is -1.25. The van der Waals surface area contributed by atoms with Crippen LogP contribution < -0.4 is 0 Å². The lowest BCUT2D eigenvalue weighted by atomic mass is 9.84. The third kappa shape index (κ3) is 1.43. The summed E-state index contributed by atoms with van der Waals surface area (Å²) in [5, 5.41) is 0. The monoisotopic (exact) mass is 194 g/mol. The second-order valence-corrected chi connectivity index (χ2v) is 3.77. The van der Waals surface area contributed by atoms with Gasteiger partial charge in [0.2, 0.25) is 0 Å². The molecule has 3 atom stereocenters. The van der Waals surface area contributed by atoms with Crippen LogP contribution in [0, 0.1) is 11.8 Å². The van der Waals surface area contributed by atoms with Crippen LogP contribution in [0.5, 0.6) is 0 Å². The SMILES string of the molecule is C=C1C[C@H]2COC(=O)[C@@H]2[C@@H](/C=C/C)O1. The summed E-state index contributed by atoms with van der Waals surface area (Å²) in [6.45, 7) is 6.24. The zero-order valence-electron chi connectivity index (χ0n) is 8.23. The molecule has 76 valence electrons. The van der Waals surface area contributed by atoms with Crippen molar-refractivity contribution in [2.45, 2.75) is 19.4 Å². The minimum Gasteiger partial charge on any atom is -0.490 e. The first-order chi connectivity index (χ1) is 6.72. The third-order valence-corrected chi connectivity index (χ3v) is 2.75. The summed E-state index contributed by atoms with van der Waals surface area (Å²) in [5.74, 6) is 0.750. The largest absolute Gasteiger partial charge is 0.490 e. The number of carbonyl (C=O) groups is 1. The Kier molecular flexibility index (Phi) is 2.32. The van der Waals surface area contributed by atoms with E-state index in [1.807, 2.05) is 19.1 Å². The standard InChI is InChI=1S/C11H14O3/c1-3-4-9-10-8(5-7(2)14-9)6-13-11(10)12/h3-4,8-10H,2,5-6H2,1H3/b4-3+/t8-,9+,10-/m0/s1. The number of carbonyl (C=O) groups excluding carboxylic acids is 1. The third-order valence-electron chi connectivity index (χ3n) is 2.75. The second kappa shape index (κ2) is 3.48. The number of fused-ring (bicyclic) bond motifs is 1. The van der Waals surface area contributed by atoms with Crippen LogP contribution in [0.1, 0.15) is 13.3 Å². The van der Waals surface area contributed by atoms with E-state index in [4.69, 9.17) is 9.47 Å². The molecule has 0 spiro atoms. The highest BCUT2D eigenvalue weighted by Gasteiger charge is 2.45. The second-order valence-electron chi connectivity index (χ2n) is 3.77. The van der Waals surface area contributed by atoms with Gasteiger partial charge >= 0.3 is 5.97 Å². The van der Waals surface area contributed by atoms with Crippen molar-refractivity contribution in [2.75, 3.05) is 6.61 Å². The molecule has 14 heavy (non-hydrogen) atoms. The quantitative estimate of drug-likeness (QED) is 0.470. The predicted octanol–water partition coefficient (Wildman–Crippen LogP) is 1.65. The van der Waals surface area contributed by atoms with Gasteiger partial charge in [-0.1, -0.05) is 12.7 Å². The first kappa shape index (κ1) is 9.31. The number of allylic oxidation sites excluding steroid dienone is 2. The Bertz CT molecular complexity index is 293. The van der Waals surface area contributed by atoms with Gasteiger partial charge in [0.1, 0.15) is 12.0 Å². The summed E-state index contributed by atoms with van der Waals surface area (Å²) in [5.41, 5.74) is 0. The molecule has 0 bridgehead atoms. The molecule has 0 saturated carbocycles. The average Bonchev–Trinajstić information content (AvgIpc) is 2.48. The zero-order valence-corrected chi connectivity index (χ0v) is 8.23. The molecule has 0 aromatic rings. The number of hydrogen-bond acceptors (Lipinski definition) is 3. The molecular weight excluding hydrogens is 180 g/mol. The first-order valence-corrected chi connectivity index (χ1v) is 4.86. The predicted molar refractivity (Wildman–Crippen MR) is 51.4 cm³/mol. The van der Waals surface area contributed by atoms with Crippen molar-refractivity contribution >= 4 is 5.97 Å². The maximum absolute atomic E-state index is 11.4. The molecule has 0 N–H and O–H groups in total. The molecule has 0 aromatic heterocycles. The summed E-state index contributed by atoms with van der Waals surface area (Å²) < 4.78 is 10.6. The number of hydrogen-bond donors (Lipinski definition) is 0. The van der Waals surface area contributed by atoms with E-state index in [9.17, 15) is 4.79 Å². The zero-order chi connectivity index (χ0) is 10.1. The topological polar surface area (TPSA) is 35.5 Å². The molecule has 2 aliphatic rings. The Labute approximate surface area is 83.4 Å². The van der Waals surface area contributed by atoms with Crippen molar-refractivity contribution < 1.29 is 14.3 Å². The minimum atomic E-state index is -0.179. The molecule has 3 heteroatoms. The summed E-state index contributed by atoms with van der Waals surface area (Å²) in [7, 11) is 0. The Morgan fingerprint density at radius 1 is 1.57 bits per heavy atom. The molecule has 2 saturated heterocycles. The van der Waals surface area contributed by atoms with Gasteiger partial charge in [-0.25, -0.2) is 0 Å². The Morgan fingerprint density at radius 3 is 3.07 bits per heavy atom. The molecule has 0 aliphatic carbocycles. The molecule has 2 aliphatic heterocycles. The molecule has 0 radical (unpaired) electrons. The van der Waals surface area contributed by atoms with Crippen LogP contribution >= 0.6 is 0 Å². The van der Waals surface area contributed by atoms with Gasteiger partial charge in [-0.15, -0.1) is 0 Å². The van der Waals surface area contributed by atoms with Gasteiger partial charge in [0, 0.05) is 12.3 Å². The van der Waals surface area contributed by atoms with Crippen molar-refractivity contribution in [3.05, 3.63) is 24.5 Å². The average molecular weight is 194 g/mol. The summed E-state index contributed by atoms with van der Waals surface area (Å²) in [4.78, 5) is 11.4. The molecular formula is C11H14O3. The van der Waals surface area contributed by atoms with Gasteiger partial charge in [-0.3, -0.25) is 4.79 Å². The van der Waals surface area contributed by atoms with Gasteiger partial charge in [-0.2, -0.15) is 0 Å². The fourth-order valence-electron chi connectivity index (χ4n) is 2.12. The van der Waals surface area contributed by atoms with Crippen LogP contribution in [0.4, 0.5) is 0 Å². The number of cyclic esters (lactones) is 1. The highest BCUT2D eigenvalue weighted by Crippen LogP contribution is 2.37. The van der Waals surface area contributed by atoms with E-state index in [-0.39, 0.29) is 23.9 Å². The van der Waals surface area contributed by atoms with E-state index < -0.39 is 0 Å². The van der Waals surface area contributed by atoms with Crippen molar-refractivity contribution in [1.82, 2.24) is 0 Å². The maximum Gasteiger partial charge on any atom is 0.313 e. The van der Waals surface area contributed by atoms with Crippen LogP contribution in [0.2, 0.25) is 0 Å². The van der Waals surface area contributed by atoms with Gasteiger partial charge in [-0.05, 0) is 13.0 Å². The van der Waals surface area contributed by atoms with Crippen LogP contribution in [0.25, 0.3) is 0 Å². The van der Waals surface area contributed by atoms with Crippen LogP contribution in [0.15, 0.2) is 24.5 Å². The maximum atomic E-state index is 11.4. The molecule has 2 heterocycles. The molecule has 2 fully saturated rings. The molecule has 0 amide bonds. The highest BCUT2D eigenvalue weighted by atomic mass is 16.5. The van der Waals surface area contributed by atoms with E-state index >= 15 is 0 Å². The van der Waals surface area contributed by atoms with Crippen molar-refractivity contribution in [3.63, 3.8) is 0 Å². The van der Waals surface area contributed by atoms with Crippen LogP contribution in [-0.2, 0) is 14.3 Å². The first-order valence-electron chi connectivity index (χ1n) is 4.86. The van der Waals surface area contributed by atoms with Gasteiger partial charge < -0.3 is 9.47 Å². The lowest BCUT2D eigenvalue weighted by Crippen LogP contribution is -2.35. The molecule has 3 nitrogen and oxygen atoms in total. The van der Waals surface area contributed by atoms with Gasteiger partial charge in [0.15, 0.2) is 0 Å². The number of ether oxygens (including phenoxy) is 2. The normalized spacial score (nSPS) is 36.8. The van der Waals surface area contributed by atoms with Crippen molar-refractivity contribution in [2.24, 2.45) is 11.8 Å². The molecule has 0 unspecified atom stereocenters. The Morgan fingerprint density at radius 2 is 2.36 bits per heavy atom. The van der Waals surface area contributed by atoms with Crippen LogP contribution in [0.3, 0.4) is 0 Å². The minimum absolute atomic E-state index is 0.128. The van der Waals surface area contributed by atoms with Crippen molar-refractivity contribution in [3.8, 4) is 0 Å². The fraction of sp³-hybridized carbons (Fsp3) is 0.545. The van der Waals surface area contributed by atoms with E-state index in [0.717, 1.165) is 12.2 Å². The molecule has 2 rings (SSSR count). The summed E-state index contributed by atoms with van der Waals surface area (Å²) >= 11 is 0. The van der Waals surface area contributed by atoms with Gasteiger partial charge in [0.25, 0.3) is 0 Å². The summed E-state index contributed by atoms with van der Waals surface area (Å²) in [6.07, 6.45) is 4.35. The number of rotatable bonds is 1. The van der Waals surface area contributed by atoms with E-state index in [1.54, 1.807) is 0 Å². The smallest absolute Gasteiger partial charge is 0.313 e. The van der Waals surface area contributed by atoms with Crippen molar-refractivity contribution in [1.29, 1.82) is 0 Å². The van der Waals surface area contributed by atoms with Crippen LogP contribution in [-0.4, -0.2) is 18.7 Å². The highest BCUT2D eigenvalue weighted by molar-refractivity contribution is 5.76. The lowest BCUT2D eigenvalue weighted by Gasteiger charge is -2.30. The van der Waals surface area contributed by atoms with E-state index in [0.29, 0.717) is 6.61 Å². The number of esters is 1. The summed E-state index contributed by atoms with van der Waals surface area (Å²) in [6, 6.07) is 0. The lowest BCUT2D eigenvalue weighted by molar-refractivity contribution is -0.144. The van der Waals surface area contributed by atoms with Gasteiger partial charge in [0.05, 0.1) is 12.4 Å². The van der Waals surface area contributed by atoms with E-state index in [2.05, 4.69) is 6.58 Å². The fourth-order valence-corrected chi connectivity index (χ4v) is 2.12.